The number of aliphatic imine (C=N–C) groups is 1. The molecule has 2 heterocycles. The number of allylic oxidation sites excluding steroid dienone is 1. The Morgan fingerprint density at radius 2 is 1.88 bits per heavy atom. The van der Waals surface area contributed by atoms with E-state index in [1.807, 2.05) is 0 Å². The lowest BCUT2D eigenvalue weighted by molar-refractivity contribution is -0.138. The van der Waals surface area contributed by atoms with E-state index in [9.17, 15) is 9.59 Å². The van der Waals surface area contributed by atoms with Gasteiger partial charge in [-0.15, -0.1) is 0 Å². The van der Waals surface area contributed by atoms with Gasteiger partial charge in [0.1, 0.15) is 6.10 Å². The standard InChI is InChI=1S/C35H47N3O3/c1-22(2)30-18-36-19-31(30)28-13-12-25(14-32(28)35(4,5)6)33-17-29(34(40)37-26-15-27(16-26)41-21-39)23(3)38(33)20-24-10-8-7-9-11-24/h12-14,17,19,21-22,24,26-27H,7-11,15-16,18,20H2,1-6H3,(H,37,40). The fourth-order valence-corrected chi connectivity index (χ4v) is 6.81. The molecular weight excluding hydrogens is 510 g/mol. The Bertz CT molecular complexity index is 1350. The van der Waals surface area contributed by atoms with Gasteiger partial charge >= 0.3 is 0 Å². The quantitative estimate of drug-likeness (QED) is 0.330. The van der Waals surface area contributed by atoms with Crippen molar-refractivity contribution >= 4 is 24.2 Å². The van der Waals surface area contributed by atoms with E-state index in [0.717, 1.165) is 35.6 Å². The van der Waals surface area contributed by atoms with E-state index in [1.165, 1.54) is 54.4 Å². The van der Waals surface area contributed by atoms with E-state index in [4.69, 9.17) is 4.74 Å². The van der Waals surface area contributed by atoms with E-state index in [2.05, 4.69) is 86.9 Å². The third-order valence-electron chi connectivity index (χ3n) is 9.39. The summed E-state index contributed by atoms with van der Waals surface area (Å²) < 4.78 is 7.45. The number of hydrogen-bond acceptors (Lipinski definition) is 4. The number of ether oxygens (including phenoxy) is 1. The van der Waals surface area contributed by atoms with Crippen LogP contribution < -0.4 is 5.32 Å². The van der Waals surface area contributed by atoms with Crippen molar-refractivity contribution in [1.82, 2.24) is 9.88 Å². The van der Waals surface area contributed by atoms with E-state index < -0.39 is 0 Å². The van der Waals surface area contributed by atoms with Gasteiger partial charge in [0, 0.05) is 48.6 Å². The summed E-state index contributed by atoms with van der Waals surface area (Å²) in [5.74, 6) is 1.04. The van der Waals surface area contributed by atoms with E-state index >= 15 is 0 Å². The lowest BCUT2D eigenvalue weighted by atomic mass is 9.79. The van der Waals surface area contributed by atoms with Crippen molar-refractivity contribution in [3.05, 3.63) is 52.2 Å². The highest BCUT2D eigenvalue weighted by Crippen LogP contribution is 2.39. The summed E-state index contributed by atoms with van der Waals surface area (Å²) in [6.07, 6.45) is 9.71. The van der Waals surface area contributed by atoms with Crippen molar-refractivity contribution < 1.29 is 14.3 Å². The predicted octanol–water partition coefficient (Wildman–Crippen LogP) is 7.27. The van der Waals surface area contributed by atoms with Gasteiger partial charge in [0.25, 0.3) is 12.4 Å². The van der Waals surface area contributed by atoms with Crippen LogP contribution in [0.3, 0.4) is 0 Å². The van der Waals surface area contributed by atoms with Crippen molar-refractivity contribution in [2.24, 2.45) is 16.8 Å². The van der Waals surface area contributed by atoms with Crippen molar-refractivity contribution in [2.45, 2.75) is 111 Å². The SMILES string of the molecule is Cc1c(C(=O)NC2CC(OC=O)C2)cc(-c2ccc(C3=C(C(C)C)CN=C3)c(C(C)(C)C)c2)n1CC1CCCCC1. The molecule has 0 atom stereocenters. The van der Waals surface area contributed by atoms with Gasteiger partial charge in [-0.1, -0.05) is 66.0 Å². The molecule has 2 aromatic rings. The second-order valence-corrected chi connectivity index (χ2v) is 13.7. The molecule has 1 amide bonds. The number of carbonyl (C=O) groups is 2. The number of carbonyl (C=O) groups excluding carboxylic acids is 2. The predicted molar refractivity (Wildman–Crippen MR) is 166 cm³/mol. The van der Waals surface area contributed by atoms with Gasteiger partial charge in [-0.2, -0.15) is 0 Å². The number of amides is 1. The molecular formula is C35H47N3O3. The molecule has 6 heteroatoms. The smallest absolute Gasteiger partial charge is 0.293 e. The maximum Gasteiger partial charge on any atom is 0.293 e. The van der Waals surface area contributed by atoms with Crippen LogP contribution in [0.2, 0.25) is 0 Å². The average Bonchev–Trinajstić information content (AvgIpc) is 3.53. The van der Waals surface area contributed by atoms with Gasteiger partial charge in [0.2, 0.25) is 0 Å². The molecule has 0 spiro atoms. The Morgan fingerprint density at radius 1 is 1.15 bits per heavy atom. The number of aromatic nitrogens is 1. The molecule has 41 heavy (non-hydrogen) atoms. The van der Waals surface area contributed by atoms with Crippen LogP contribution in [0, 0.1) is 18.8 Å². The summed E-state index contributed by atoms with van der Waals surface area (Å²) in [5.41, 5.74) is 9.22. The number of rotatable bonds is 9. The van der Waals surface area contributed by atoms with E-state index in [-0.39, 0.29) is 23.5 Å². The minimum Gasteiger partial charge on any atom is -0.464 e. The Morgan fingerprint density at radius 3 is 2.54 bits per heavy atom. The topological polar surface area (TPSA) is 72.7 Å². The van der Waals surface area contributed by atoms with Crippen LogP contribution in [0.25, 0.3) is 16.8 Å². The summed E-state index contributed by atoms with van der Waals surface area (Å²) >= 11 is 0. The number of nitrogens with one attached hydrogen (secondary N) is 1. The minimum absolute atomic E-state index is 0.0396. The van der Waals surface area contributed by atoms with Crippen LogP contribution >= 0.6 is 0 Å². The first-order chi connectivity index (χ1) is 19.6. The number of hydrogen-bond donors (Lipinski definition) is 1. The summed E-state index contributed by atoms with van der Waals surface area (Å²) in [4.78, 5) is 28.8. The first-order valence-electron chi connectivity index (χ1n) is 15.5. The Kier molecular flexibility index (Phi) is 8.58. The van der Waals surface area contributed by atoms with Crippen molar-refractivity contribution in [3.63, 3.8) is 0 Å². The average molecular weight is 558 g/mol. The second kappa shape index (κ2) is 12.0. The molecule has 1 N–H and O–H groups in total. The third-order valence-corrected chi connectivity index (χ3v) is 9.39. The second-order valence-electron chi connectivity index (χ2n) is 13.7. The minimum atomic E-state index is -0.0871. The fourth-order valence-electron chi connectivity index (χ4n) is 6.81. The van der Waals surface area contributed by atoms with Crippen LogP contribution in [0.4, 0.5) is 0 Å². The van der Waals surface area contributed by atoms with Crippen molar-refractivity contribution in [1.29, 1.82) is 0 Å². The van der Waals surface area contributed by atoms with Gasteiger partial charge in [-0.3, -0.25) is 14.6 Å². The van der Waals surface area contributed by atoms with E-state index in [0.29, 0.717) is 31.1 Å². The molecule has 1 aliphatic heterocycles. The zero-order valence-electron chi connectivity index (χ0n) is 25.8. The molecule has 0 unspecified atom stereocenters. The first kappa shape index (κ1) is 29.3. The summed E-state index contributed by atoms with van der Waals surface area (Å²) in [6.45, 7) is 15.7. The van der Waals surface area contributed by atoms with Gasteiger partial charge < -0.3 is 14.6 Å². The lowest BCUT2D eigenvalue weighted by Gasteiger charge is -2.34. The highest BCUT2D eigenvalue weighted by Gasteiger charge is 2.33. The van der Waals surface area contributed by atoms with Crippen LogP contribution in [-0.2, 0) is 21.5 Å². The lowest BCUT2D eigenvalue weighted by Crippen LogP contribution is -2.47. The monoisotopic (exact) mass is 557 g/mol. The molecule has 5 rings (SSSR count). The molecule has 2 aliphatic carbocycles. The molecule has 0 saturated heterocycles. The van der Waals surface area contributed by atoms with Gasteiger partial charge in [0.05, 0.1) is 12.1 Å². The summed E-state index contributed by atoms with van der Waals surface area (Å²) in [5, 5.41) is 3.19. The van der Waals surface area contributed by atoms with Gasteiger partial charge in [0.15, 0.2) is 0 Å². The molecule has 1 aromatic carbocycles. The molecule has 220 valence electrons. The molecule has 2 fully saturated rings. The maximum atomic E-state index is 13.5. The van der Waals surface area contributed by atoms with Crippen LogP contribution in [0.15, 0.2) is 34.8 Å². The number of nitrogens with zero attached hydrogens (tertiary/aromatic N) is 2. The molecule has 1 aromatic heterocycles. The Hall–Kier alpha value is -3.15. The summed E-state index contributed by atoms with van der Waals surface area (Å²) in [7, 11) is 0. The maximum absolute atomic E-state index is 13.5. The van der Waals surface area contributed by atoms with Crippen molar-refractivity contribution in [2.75, 3.05) is 6.54 Å². The molecule has 3 aliphatic rings. The Balaban J connectivity index is 1.53. The van der Waals surface area contributed by atoms with Crippen molar-refractivity contribution in [3.8, 4) is 11.3 Å². The first-order valence-corrected chi connectivity index (χ1v) is 15.5. The normalized spacial score (nSPS) is 21.3. The van der Waals surface area contributed by atoms with Gasteiger partial charge in [-0.05, 0) is 71.4 Å². The van der Waals surface area contributed by atoms with Crippen LogP contribution in [0.1, 0.15) is 107 Å². The highest BCUT2D eigenvalue weighted by atomic mass is 16.5. The Labute approximate surface area is 245 Å². The molecule has 0 bridgehead atoms. The fraction of sp³-hybridized carbons (Fsp3) is 0.571. The summed E-state index contributed by atoms with van der Waals surface area (Å²) in [6, 6.07) is 9.01. The third kappa shape index (κ3) is 6.22. The highest BCUT2D eigenvalue weighted by molar-refractivity contribution is 6.13. The van der Waals surface area contributed by atoms with E-state index in [1.54, 1.807) is 0 Å². The van der Waals surface area contributed by atoms with Gasteiger partial charge in [-0.25, -0.2) is 0 Å². The number of benzene rings is 1. The van der Waals surface area contributed by atoms with Crippen LogP contribution in [0.5, 0.6) is 0 Å². The zero-order chi connectivity index (χ0) is 29.3. The molecule has 0 radical (unpaired) electrons. The molecule has 6 nitrogen and oxygen atoms in total. The zero-order valence-corrected chi connectivity index (χ0v) is 25.8. The van der Waals surface area contributed by atoms with Crippen LogP contribution in [-0.4, -0.2) is 41.9 Å². The largest absolute Gasteiger partial charge is 0.464 e. The molecule has 2 saturated carbocycles.